The van der Waals surface area contributed by atoms with Gasteiger partial charge in [0.1, 0.15) is 17.1 Å². The van der Waals surface area contributed by atoms with Crippen molar-refractivity contribution in [2.75, 3.05) is 6.61 Å². The zero-order valence-electron chi connectivity index (χ0n) is 31.8. The average Bonchev–Trinajstić information content (AvgIpc) is 2.95. The van der Waals surface area contributed by atoms with Gasteiger partial charge in [0.15, 0.2) is 6.29 Å². The Hall–Kier alpha value is -1.63. The van der Waals surface area contributed by atoms with E-state index in [0.717, 1.165) is 65.0 Å². The molecule has 0 saturated heterocycles. The Morgan fingerprint density at radius 1 is 0.870 bits per heavy atom. The molecule has 2 rings (SSSR count). The van der Waals surface area contributed by atoms with E-state index in [9.17, 15) is 9.90 Å². The third-order valence-corrected chi connectivity index (χ3v) is 9.87. The maximum absolute atomic E-state index is 12.9. The van der Waals surface area contributed by atoms with Crippen LogP contribution in [0.5, 0.6) is 11.5 Å². The third-order valence-electron chi connectivity index (χ3n) is 9.87. The number of aliphatic hydroxyl groups excluding tert-OH is 1. The van der Waals surface area contributed by atoms with Gasteiger partial charge < -0.3 is 24.1 Å². The summed E-state index contributed by atoms with van der Waals surface area (Å²) in [6.07, 6.45) is 12.7. The topological polar surface area (TPSA) is 74.2 Å². The van der Waals surface area contributed by atoms with Crippen LogP contribution in [0, 0.1) is 38.5 Å². The van der Waals surface area contributed by atoms with Crippen molar-refractivity contribution >= 4 is 5.97 Å². The summed E-state index contributed by atoms with van der Waals surface area (Å²) in [5.74, 6) is 3.64. The van der Waals surface area contributed by atoms with Gasteiger partial charge in [0, 0.05) is 12.0 Å². The van der Waals surface area contributed by atoms with E-state index in [1.165, 1.54) is 51.4 Å². The summed E-state index contributed by atoms with van der Waals surface area (Å²) in [7, 11) is 0. The van der Waals surface area contributed by atoms with Gasteiger partial charge in [-0.3, -0.25) is 4.79 Å². The smallest absolute Gasteiger partial charge is 0.311 e. The first-order valence-corrected chi connectivity index (χ1v) is 18.4. The first-order chi connectivity index (χ1) is 21.4. The fourth-order valence-corrected chi connectivity index (χ4v) is 6.65. The number of benzene rings is 1. The predicted octanol–water partition coefficient (Wildman–Crippen LogP) is 10.4. The van der Waals surface area contributed by atoms with Crippen molar-refractivity contribution in [1.82, 2.24) is 0 Å². The fraction of sp³-hybridized carbons (Fsp3) is 0.825. The van der Waals surface area contributed by atoms with E-state index in [-0.39, 0.29) is 30.5 Å². The van der Waals surface area contributed by atoms with Crippen molar-refractivity contribution in [3.05, 3.63) is 22.3 Å². The van der Waals surface area contributed by atoms with Gasteiger partial charge in [-0.15, -0.1) is 0 Å². The van der Waals surface area contributed by atoms with Gasteiger partial charge in [0.25, 0.3) is 0 Å². The van der Waals surface area contributed by atoms with E-state index >= 15 is 0 Å². The summed E-state index contributed by atoms with van der Waals surface area (Å²) < 4.78 is 24.1. The molecule has 0 radical (unpaired) electrons. The summed E-state index contributed by atoms with van der Waals surface area (Å²) >= 11 is 0. The van der Waals surface area contributed by atoms with Crippen LogP contribution < -0.4 is 9.47 Å². The van der Waals surface area contributed by atoms with Gasteiger partial charge in [-0.05, 0) is 116 Å². The van der Waals surface area contributed by atoms with Crippen LogP contribution in [0.2, 0.25) is 0 Å². The number of rotatable bonds is 21. The number of hydrogen-bond donors (Lipinski definition) is 1. The largest absolute Gasteiger partial charge is 0.487 e. The van der Waals surface area contributed by atoms with Crippen molar-refractivity contribution in [1.29, 1.82) is 0 Å². The van der Waals surface area contributed by atoms with E-state index in [1.807, 2.05) is 41.5 Å². The molecule has 266 valence electrons. The van der Waals surface area contributed by atoms with Crippen LogP contribution in [-0.2, 0) is 20.7 Å². The van der Waals surface area contributed by atoms with Crippen LogP contribution in [0.25, 0.3) is 0 Å². The lowest BCUT2D eigenvalue weighted by atomic mass is 9.83. The number of carbonyl (C=O) groups excluding carboxylic acids is 1. The molecule has 0 aliphatic carbocycles. The highest BCUT2D eigenvalue weighted by molar-refractivity contribution is 5.74. The average molecular weight is 647 g/mol. The summed E-state index contributed by atoms with van der Waals surface area (Å²) in [6.45, 7) is 25.9. The molecule has 6 nitrogen and oxygen atoms in total. The molecule has 0 spiro atoms. The molecule has 0 amide bonds. The number of ether oxygens (including phenoxy) is 4. The van der Waals surface area contributed by atoms with E-state index < -0.39 is 11.9 Å². The molecule has 4 atom stereocenters. The van der Waals surface area contributed by atoms with Crippen LogP contribution >= 0.6 is 0 Å². The minimum Gasteiger partial charge on any atom is -0.487 e. The quantitative estimate of drug-likeness (QED) is 0.0814. The second-order valence-corrected chi connectivity index (χ2v) is 16.1. The summed E-state index contributed by atoms with van der Waals surface area (Å²) in [5.41, 5.74) is 3.27. The van der Waals surface area contributed by atoms with E-state index in [0.29, 0.717) is 12.4 Å². The first-order valence-electron chi connectivity index (χ1n) is 18.4. The maximum atomic E-state index is 12.9. The normalized spacial score (nSPS) is 18.8. The minimum atomic E-state index is -1.08. The molecule has 0 aromatic heterocycles. The molecule has 0 saturated carbocycles. The molecule has 0 fully saturated rings. The maximum Gasteiger partial charge on any atom is 0.311 e. The molecule has 0 bridgehead atoms. The number of aliphatic hydroxyl groups is 1. The molecule has 6 heteroatoms. The Labute approximate surface area is 282 Å². The molecule has 1 heterocycles. The molecule has 1 aliphatic rings. The number of fused-ring (bicyclic) bond motifs is 1. The molecule has 1 N–H and O–H groups in total. The lowest BCUT2D eigenvalue weighted by Gasteiger charge is -2.38. The zero-order chi connectivity index (χ0) is 34.7. The highest BCUT2D eigenvalue weighted by Crippen LogP contribution is 2.45. The zero-order valence-corrected chi connectivity index (χ0v) is 31.8. The van der Waals surface area contributed by atoms with Gasteiger partial charge in [-0.1, -0.05) is 72.6 Å². The Morgan fingerprint density at radius 3 is 2.04 bits per heavy atom. The molecular weight excluding hydrogens is 576 g/mol. The summed E-state index contributed by atoms with van der Waals surface area (Å²) in [6, 6.07) is 0. The SMILES string of the molecule is Cc1c(C)c2c(c(C)c1OC(=O)CCC(O)OC(C)(C)COC(C)C)CCC(C)(CCCC(C)CCCC(C)CCCC(C)C)O2. The second kappa shape index (κ2) is 18.8. The minimum absolute atomic E-state index is 0.0572. The van der Waals surface area contributed by atoms with Gasteiger partial charge in [0.05, 0.1) is 24.7 Å². The Kier molecular flexibility index (Phi) is 16.6. The molecule has 1 aromatic carbocycles. The van der Waals surface area contributed by atoms with Gasteiger partial charge in [-0.25, -0.2) is 0 Å². The van der Waals surface area contributed by atoms with Gasteiger partial charge in [0.2, 0.25) is 0 Å². The number of hydrogen-bond acceptors (Lipinski definition) is 6. The second-order valence-electron chi connectivity index (χ2n) is 16.1. The number of esters is 1. The standard InChI is InChI=1S/C40H70O6/c1-27(2)16-13-17-29(5)18-14-19-30(6)20-15-24-40(12)25-23-34-33(9)37(31(7)32(8)38(34)46-40)44-35(41)21-22-36(42)45-39(10,11)26-43-28(3)4/h27-30,36,42H,13-26H2,1-12H3. The van der Waals surface area contributed by atoms with Crippen molar-refractivity contribution in [2.45, 2.75) is 190 Å². The van der Waals surface area contributed by atoms with Crippen molar-refractivity contribution in [3.63, 3.8) is 0 Å². The summed E-state index contributed by atoms with van der Waals surface area (Å²) in [5, 5.41) is 10.4. The van der Waals surface area contributed by atoms with Crippen LogP contribution in [0.4, 0.5) is 0 Å². The van der Waals surface area contributed by atoms with E-state index in [1.54, 1.807) is 0 Å². The predicted molar refractivity (Wildman–Crippen MR) is 190 cm³/mol. The Bertz CT molecular complexity index is 1080. The van der Waals surface area contributed by atoms with Crippen LogP contribution in [0.3, 0.4) is 0 Å². The van der Waals surface area contributed by atoms with Gasteiger partial charge in [-0.2, -0.15) is 0 Å². The molecule has 1 aliphatic heterocycles. The fourth-order valence-electron chi connectivity index (χ4n) is 6.65. The first kappa shape index (κ1) is 40.5. The van der Waals surface area contributed by atoms with Crippen LogP contribution in [0.1, 0.15) is 162 Å². The Morgan fingerprint density at radius 2 is 1.46 bits per heavy atom. The Balaban J connectivity index is 1.87. The third kappa shape index (κ3) is 13.8. The lowest BCUT2D eigenvalue weighted by molar-refractivity contribution is -0.198. The number of carbonyl (C=O) groups is 1. The van der Waals surface area contributed by atoms with Crippen molar-refractivity contribution in [3.8, 4) is 11.5 Å². The van der Waals surface area contributed by atoms with E-state index in [4.69, 9.17) is 18.9 Å². The van der Waals surface area contributed by atoms with Crippen LogP contribution in [-0.4, -0.2) is 41.3 Å². The molecule has 1 aromatic rings. The highest BCUT2D eigenvalue weighted by atomic mass is 16.6. The molecule has 4 unspecified atom stereocenters. The summed E-state index contributed by atoms with van der Waals surface area (Å²) in [4.78, 5) is 12.9. The highest BCUT2D eigenvalue weighted by Gasteiger charge is 2.35. The van der Waals surface area contributed by atoms with Crippen molar-refractivity contribution in [2.24, 2.45) is 17.8 Å². The van der Waals surface area contributed by atoms with E-state index in [2.05, 4.69) is 41.5 Å². The molecular formula is C40H70O6. The monoisotopic (exact) mass is 647 g/mol. The molecule has 46 heavy (non-hydrogen) atoms. The lowest BCUT2D eigenvalue weighted by Crippen LogP contribution is -2.37. The van der Waals surface area contributed by atoms with Crippen molar-refractivity contribution < 1.29 is 28.8 Å². The van der Waals surface area contributed by atoms with Crippen LogP contribution in [0.15, 0.2) is 0 Å². The van der Waals surface area contributed by atoms with Gasteiger partial charge >= 0.3 is 5.97 Å².